The minimum Gasteiger partial charge on any atom is -0.340 e. The van der Waals surface area contributed by atoms with E-state index in [4.69, 9.17) is 0 Å². The largest absolute Gasteiger partial charge is 0.340 e. The second-order valence-electron chi connectivity index (χ2n) is 10.1. The van der Waals surface area contributed by atoms with E-state index in [1.165, 1.54) is 44.5 Å². The van der Waals surface area contributed by atoms with Crippen LogP contribution in [-0.4, -0.2) is 71.5 Å². The highest BCUT2D eigenvalue weighted by Gasteiger charge is 2.46. The number of carbonyl (C=O) groups excluding carboxylic acids is 1. The first kappa shape index (κ1) is 22.7. The van der Waals surface area contributed by atoms with Crippen LogP contribution in [0.5, 0.6) is 0 Å². The summed E-state index contributed by atoms with van der Waals surface area (Å²) in [6, 6.07) is 4.78. The van der Waals surface area contributed by atoms with Crippen molar-refractivity contribution in [2.24, 2.45) is 0 Å². The molecule has 4 nitrogen and oxygen atoms in total. The van der Waals surface area contributed by atoms with Gasteiger partial charge < -0.3 is 9.80 Å². The number of nitrogens with zero attached hydrogens (tertiary/aromatic N) is 3. The van der Waals surface area contributed by atoms with Gasteiger partial charge in [-0.05, 0) is 69.3 Å². The van der Waals surface area contributed by atoms with E-state index in [1.807, 2.05) is 17.1 Å². The Hall–Kier alpha value is -2.05. The molecule has 2 atom stereocenters. The Labute approximate surface area is 195 Å². The SMILES string of the molecule is O=C(N1CCC(c2ccc(F)c(F)c2)C1)C1(N2CCC(N3CCCCC3)CC2)C=CC=CC1. The van der Waals surface area contributed by atoms with Gasteiger partial charge in [0.25, 0.3) is 0 Å². The number of benzene rings is 1. The van der Waals surface area contributed by atoms with Gasteiger partial charge in [0.2, 0.25) is 5.91 Å². The number of hydrogen-bond donors (Lipinski definition) is 0. The van der Waals surface area contributed by atoms with Crippen LogP contribution in [0.15, 0.2) is 42.5 Å². The molecule has 0 radical (unpaired) electrons. The third-order valence-electron chi connectivity index (χ3n) is 8.24. The van der Waals surface area contributed by atoms with E-state index in [0.717, 1.165) is 37.9 Å². The van der Waals surface area contributed by atoms with Crippen molar-refractivity contribution < 1.29 is 13.6 Å². The van der Waals surface area contributed by atoms with E-state index in [1.54, 1.807) is 6.07 Å². The van der Waals surface area contributed by atoms with Gasteiger partial charge in [-0.25, -0.2) is 8.78 Å². The Morgan fingerprint density at radius 2 is 1.70 bits per heavy atom. The molecule has 3 heterocycles. The predicted molar refractivity (Wildman–Crippen MR) is 126 cm³/mol. The quantitative estimate of drug-likeness (QED) is 0.670. The first-order chi connectivity index (χ1) is 16.1. The molecule has 1 aromatic carbocycles. The predicted octanol–water partition coefficient (Wildman–Crippen LogP) is 4.49. The fourth-order valence-electron chi connectivity index (χ4n) is 6.31. The molecule has 3 fully saturated rings. The number of halogens is 2. The van der Waals surface area contributed by atoms with Crippen molar-refractivity contribution in [3.8, 4) is 0 Å². The summed E-state index contributed by atoms with van der Waals surface area (Å²) < 4.78 is 27.1. The van der Waals surface area contributed by atoms with Crippen molar-refractivity contribution in [2.45, 2.75) is 62.4 Å². The fourth-order valence-corrected chi connectivity index (χ4v) is 6.31. The number of carbonyl (C=O) groups is 1. The molecule has 1 aromatic rings. The molecule has 4 aliphatic rings. The van der Waals surface area contributed by atoms with Crippen LogP contribution < -0.4 is 0 Å². The molecule has 178 valence electrons. The molecule has 0 aromatic heterocycles. The first-order valence-electron chi connectivity index (χ1n) is 12.6. The Bertz CT molecular complexity index is 918. The van der Waals surface area contributed by atoms with Gasteiger partial charge in [0.05, 0.1) is 0 Å². The summed E-state index contributed by atoms with van der Waals surface area (Å²) in [5, 5.41) is 0. The van der Waals surface area contributed by atoms with Gasteiger partial charge in [0, 0.05) is 38.1 Å². The van der Waals surface area contributed by atoms with Crippen LogP contribution in [0, 0.1) is 11.6 Å². The van der Waals surface area contributed by atoms with E-state index in [2.05, 4.69) is 22.0 Å². The van der Waals surface area contributed by atoms with E-state index in [-0.39, 0.29) is 11.8 Å². The average molecular weight is 456 g/mol. The molecule has 0 bridgehead atoms. The van der Waals surface area contributed by atoms with Crippen molar-refractivity contribution in [3.63, 3.8) is 0 Å². The second kappa shape index (κ2) is 9.67. The maximum Gasteiger partial charge on any atom is 0.247 e. The van der Waals surface area contributed by atoms with Gasteiger partial charge in [-0.15, -0.1) is 0 Å². The molecule has 0 spiro atoms. The van der Waals surface area contributed by atoms with Crippen LogP contribution in [0.25, 0.3) is 0 Å². The van der Waals surface area contributed by atoms with E-state index in [9.17, 15) is 13.6 Å². The Morgan fingerprint density at radius 3 is 2.39 bits per heavy atom. The van der Waals surface area contributed by atoms with Crippen molar-refractivity contribution in [1.82, 2.24) is 14.7 Å². The molecule has 33 heavy (non-hydrogen) atoms. The zero-order valence-corrected chi connectivity index (χ0v) is 19.4. The summed E-state index contributed by atoms with van der Waals surface area (Å²) in [6.07, 6.45) is 15.9. The van der Waals surface area contributed by atoms with Crippen LogP contribution in [0.2, 0.25) is 0 Å². The third-order valence-corrected chi connectivity index (χ3v) is 8.24. The molecular formula is C27H35F2N3O. The van der Waals surface area contributed by atoms with E-state index in [0.29, 0.717) is 25.6 Å². The molecule has 5 rings (SSSR count). The van der Waals surface area contributed by atoms with Crippen LogP contribution in [0.4, 0.5) is 8.78 Å². The molecule has 3 saturated heterocycles. The smallest absolute Gasteiger partial charge is 0.247 e. The van der Waals surface area contributed by atoms with Gasteiger partial charge in [0.1, 0.15) is 5.54 Å². The monoisotopic (exact) mass is 455 g/mol. The van der Waals surface area contributed by atoms with Gasteiger partial charge in [-0.2, -0.15) is 0 Å². The number of likely N-dealkylation sites (tertiary alicyclic amines) is 3. The summed E-state index contributed by atoms with van der Waals surface area (Å²) in [6.45, 7) is 5.53. The third kappa shape index (κ3) is 4.52. The maximum absolute atomic E-state index is 14.0. The summed E-state index contributed by atoms with van der Waals surface area (Å²) in [4.78, 5) is 21.0. The topological polar surface area (TPSA) is 26.8 Å². The summed E-state index contributed by atoms with van der Waals surface area (Å²) in [5.74, 6) is -1.43. The lowest BCUT2D eigenvalue weighted by atomic mass is 9.85. The van der Waals surface area contributed by atoms with E-state index >= 15 is 0 Å². The Kier molecular flexibility index (Phi) is 6.66. The molecule has 2 unspecified atom stereocenters. The minimum absolute atomic E-state index is 0.0500. The van der Waals surface area contributed by atoms with Crippen LogP contribution in [0.1, 0.15) is 56.4 Å². The summed E-state index contributed by atoms with van der Waals surface area (Å²) >= 11 is 0. The average Bonchev–Trinajstić information content (AvgIpc) is 3.36. The van der Waals surface area contributed by atoms with Gasteiger partial charge in [-0.1, -0.05) is 36.8 Å². The highest BCUT2D eigenvalue weighted by Crippen LogP contribution is 2.36. The molecule has 0 saturated carbocycles. The van der Waals surface area contributed by atoms with Crippen molar-refractivity contribution >= 4 is 5.91 Å². The van der Waals surface area contributed by atoms with Crippen molar-refractivity contribution in [1.29, 1.82) is 0 Å². The highest BCUT2D eigenvalue weighted by atomic mass is 19.2. The number of amides is 1. The van der Waals surface area contributed by atoms with Crippen molar-refractivity contribution in [2.75, 3.05) is 39.3 Å². The van der Waals surface area contributed by atoms with Crippen LogP contribution in [0.3, 0.4) is 0 Å². The molecular weight excluding hydrogens is 420 g/mol. The Morgan fingerprint density at radius 1 is 0.909 bits per heavy atom. The lowest BCUT2D eigenvalue weighted by Gasteiger charge is -2.48. The number of piperidine rings is 2. The molecule has 6 heteroatoms. The number of allylic oxidation sites excluding steroid dienone is 2. The minimum atomic E-state index is -0.823. The standard InChI is InChI=1S/C27H35F2N3O/c28-24-8-7-21(19-25(24)29)22-9-16-31(20-22)26(33)27(12-3-1-4-13-27)32-17-10-23(11-18-32)30-14-5-2-6-15-30/h1,3-4,7-8,12,19,22-23H,2,5-6,9-11,13-18,20H2. The number of rotatable bonds is 4. The lowest BCUT2D eigenvalue weighted by Crippen LogP contribution is -2.61. The second-order valence-corrected chi connectivity index (χ2v) is 10.1. The zero-order chi connectivity index (χ0) is 22.8. The zero-order valence-electron chi connectivity index (χ0n) is 19.4. The summed E-state index contributed by atoms with van der Waals surface area (Å²) in [5.41, 5.74) is 0.157. The fraction of sp³-hybridized carbons (Fsp3) is 0.593. The lowest BCUT2D eigenvalue weighted by molar-refractivity contribution is -0.141. The van der Waals surface area contributed by atoms with E-state index < -0.39 is 17.2 Å². The summed E-state index contributed by atoms with van der Waals surface area (Å²) in [7, 11) is 0. The van der Waals surface area contributed by atoms with Gasteiger partial charge in [0.15, 0.2) is 11.6 Å². The number of hydrogen-bond acceptors (Lipinski definition) is 3. The molecule has 0 N–H and O–H groups in total. The van der Waals surface area contributed by atoms with Crippen LogP contribution in [-0.2, 0) is 4.79 Å². The van der Waals surface area contributed by atoms with Gasteiger partial charge in [-0.3, -0.25) is 9.69 Å². The molecule has 3 aliphatic heterocycles. The maximum atomic E-state index is 14.0. The highest BCUT2D eigenvalue weighted by molar-refractivity contribution is 5.89. The van der Waals surface area contributed by atoms with Gasteiger partial charge >= 0.3 is 0 Å². The Balaban J connectivity index is 1.28. The first-order valence-corrected chi connectivity index (χ1v) is 12.6. The van der Waals surface area contributed by atoms with Crippen LogP contribution >= 0.6 is 0 Å². The molecule has 1 aliphatic carbocycles. The normalized spacial score (nSPS) is 29.6. The van der Waals surface area contributed by atoms with Crippen molar-refractivity contribution in [3.05, 3.63) is 59.7 Å². The molecule has 1 amide bonds.